The molecule has 0 heterocycles. The molecule has 0 fully saturated rings. The van der Waals surface area contributed by atoms with Crippen LogP contribution in [0.15, 0.2) is 0 Å². The summed E-state index contributed by atoms with van der Waals surface area (Å²) in [5.41, 5.74) is 0. The summed E-state index contributed by atoms with van der Waals surface area (Å²) in [5.74, 6) is 0. The van der Waals surface area contributed by atoms with E-state index in [4.69, 9.17) is 9.66 Å². The summed E-state index contributed by atoms with van der Waals surface area (Å²) in [5, 5.41) is 7.70. The number of hydrogen-bond acceptors (Lipinski definition) is 3. The number of halogens is 6. The van der Waals surface area contributed by atoms with Crippen molar-refractivity contribution < 1.29 is 41.9 Å². The van der Waals surface area contributed by atoms with E-state index in [-0.39, 0.29) is 0 Å². The van der Waals surface area contributed by atoms with Gasteiger partial charge in [0.2, 0.25) is 0 Å². The van der Waals surface area contributed by atoms with Crippen LogP contribution in [0.2, 0.25) is 0 Å². The molecule has 14 heavy (non-hydrogen) atoms. The minimum atomic E-state index is -11.2. The van der Waals surface area contributed by atoms with Crippen molar-refractivity contribution in [1.29, 1.82) is 0 Å². The quantitative estimate of drug-likeness (QED) is 0.605. The lowest BCUT2D eigenvalue weighted by Crippen LogP contribution is -2.47. The fourth-order valence-electron chi connectivity index (χ4n) is 0.403. The van der Waals surface area contributed by atoms with Crippen LogP contribution in [0.1, 0.15) is 0 Å². The average Bonchev–Trinajstić information content (AvgIpc) is 1.77. The first kappa shape index (κ1) is 13.8. The highest BCUT2D eigenvalue weighted by atomic mass is 32.5. The Morgan fingerprint density at radius 3 is 1.43 bits per heavy atom. The number of aliphatic hydroxyl groups is 1. The number of hydrogen-bond donors (Lipinski definition) is 2. The molecular weight excluding hydrogens is 266 g/mol. The summed E-state index contributed by atoms with van der Waals surface area (Å²) in [4.78, 5) is 0. The van der Waals surface area contributed by atoms with Crippen LogP contribution in [0.25, 0.3) is 0 Å². The lowest BCUT2D eigenvalue weighted by atomic mass is 10.8. The summed E-state index contributed by atoms with van der Waals surface area (Å²) in [7, 11) is -18.0. The van der Waals surface area contributed by atoms with E-state index in [1.54, 1.807) is 0 Å². The Bertz CT molecular complexity index is 340. The highest BCUT2D eigenvalue weighted by molar-refractivity contribution is 8.50. The van der Waals surface area contributed by atoms with Gasteiger partial charge in [-0.2, -0.15) is 12.8 Å². The molecule has 90 valence electrons. The summed E-state index contributed by atoms with van der Waals surface area (Å²) in [6, 6.07) is 0. The van der Waals surface area contributed by atoms with Crippen molar-refractivity contribution in [2.45, 2.75) is 4.33 Å². The van der Waals surface area contributed by atoms with Crippen LogP contribution in [0, 0.1) is 0 Å². The Hall–Kier alpha value is -0.200. The smallest absolute Gasteiger partial charge is 0.390 e. The third kappa shape index (κ3) is 1.92. The molecule has 0 aliphatic rings. The van der Waals surface area contributed by atoms with Gasteiger partial charge in [0, 0.05) is 0 Å². The third-order valence-electron chi connectivity index (χ3n) is 1.15. The van der Waals surface area contributed by atoms with E-state index in [0.717, 1.165) is 0 Å². The molecule has 0 aromatic rings. The van der Waals surface area contributed by atoms with Gasteiger partial charge in [0.1, 0.15) is 6.61 Å². The summed E-state index contributed by atoms with van der Waals surface area (Å²) >= 11 is 0. The highest BCUT2D eigenvalue weighted by Gasteiger charge is 2.86. The summed E-state index contributed by atoms with van der Waals surface area (Å²) in [6.07, 6.45) is 0. The van der Waals surface area contributed by atoms with Crippen molar-refractivity contribution in [1.82, 2.24) is 0 Å². The van der Waals surface area contributed by atoms with Gasteiger partial charge < -0.3 is 5.11 Å². The second kappa shape index (κ2) is 2.31. The van der Waals surface area contributed by atoms with Crippen molar-refractivity contribution >= 4 is 20.3 Å². The van der Waals surface area contributed by atoms with E-state index in [1.165, 1.54) is 0 Å². The Morgan fingerprint density at radius 1 is 1.14 bits per heavy atom. The van der Waals surface area contributed by atoms with Crippen LogP contribution in [-0.2, 0) is 10.1 Å². The lowest BCUT2D eigenvalue weighted by molar-refractivity contribution is 0.144. The van der Waals surface area contributed by atoms with Crippen molar-refractivity contribution in [3.8, 4) is 0 Å². The van der Waals surface area contributed by atoms with Crippen molar-refractivity contribution in [3.63, 3.8) is 0 Å². The van der Waals surface area contributed by atoms with Gasteiger partial charge in [0.05, 0.1) is 0 Å². The molecule has 0 aliphatic heterocycles. The zero-order chi connectivity index (χ0) is 12.1. The largest absolute Gasteiger partial charge is 0.390 e. The van der Waals surface area contributed by atoms with Gasteiger partial charge in [0.15, 0.2) is 0 Å². The third-order valence-corrected chi connectivity index (χ3v) is 4.91. The zero-order valence-electron chi connectivity index (χ0n) is 6.00. The zero-order valence-corrected chi connectivity index (χ0v) is 7.64. The van der Waals surface area contributed by atoms with Gasteiger partial charge in [-0.05, 0) is 0 Å². The number of alkyl halides is 1. The molecule has 0 amide bonds. The standard InChI is InChI=1S/C2H4F6O4S2/c3-2(1-9,13(10,11)12)14(4,5,6,7)8/h9H,1H2,(H,10,11,12). The minimum Gasteiger partial charge on any atom is -0.390 e. The van der Waals surface area contributed by atoms with E-state index in [9.17, 15) is 32.2 Å². The van der Waals surface area contributed by atoms with Crippen LogP contribution in [-0.4, -0.2) is 29.0 Å². The number of aliphatic hydroxyl groups excluding tert-OH is 1. The molecule has 0 saturated heterocycles. The molecule has 0 saturated carbocycles. The Kier molecular flexibility index (Phi) is 2.27. The number of rotatable bonds is 3. The SMILES string of the molecule is O=S(=O)(O)C(F)(CO)S(F)(F)(F)(F)F. The molecule has 12 heteroatoms. The van der Waals surface area contributed by atoms with E-state index in [1.807, 2.05) is 0 Å². The van der Waals surface area contributed by atoms with Gasteiger partial charge in [-0.1, -0.05) is 19.4 Å². The molecule has 0 bridgehead atoms. The Labute approximate surface area is 74.0 Å². The van der Waals surface area contributed by atoms with Crippen LogP contribution in [0.5, 0.6) is 0 Å². The fraction of sp³-hybridized carbons (Fsp3) is 1.00. The van der Waals surface area contributed by atoms with Crippen molar-refractivity contribution in [2.75, 3.05) is 6.61 Å². The van der Waals surface area contributed by atoms with E-state index in [0.29, 0.717) is 0 Å². The van der Waals surface area contributed by atoms with Gasteiger partial charge >= 0.3 is 24.7 Å². The van der Waals surface area contributed by atoms with Crippen molar-refractivity contribution in [3.05, 3.63) is 0 Å². The molecule has 4 nitrogen and oxygen atoms in total. The van der Waals surface area contributed by atoms with Crippen molar-refractivity contribution in [2.24, 2.45) is 0 Å². The molecule has 0 rings (SSSR count). The van der Waals surface area contributed by atoms with Gasteiger partial charge in [-0.25, -0.2) is 0 Å². The molecule has 0 aromatic heterocycles. The minimum absolute atomic E-state index is 3.12. The first-order chi connectivity index (χ1) is 5.56. The maximum Gasteiger partial charge on any atom is 0.390 e. The van der Waals surface area contributed by atoms with Gasteiger partial charge in [-0.15, -0.1) is 0 Å². The molecular formula is C2H4F6O4S2. The molecule has 0 spiro atoms. The fourth-order valence-corrected chi connectivity index (χ4v) is 2.40. The predicted octanol–water partition coefficient (Wildman–Crippen LogP) is 1.79. The Balaban J connectivity index is 6.06. The van der Waals surface area contributed by atoms with Crippen LogP contribution in [0.3, 0.4) is 0 Å². The second-order valence-electron chi connectivity index (χ2n) is 2.26. The van der Waals surface area contributed by atoms with Crippen LogP contribution < -0.4 is 0 Å². The van der Waals surface area contributed by atoms with Gasteiger partial charge in [-0.3, -0.25) is 4.55 Å². The second-order valence-corrected chi connectivity index (χ2v) is 6.70. The maximum atomic E-state index is 12.4. The van der Waals surface area contributed by atoms with E-state index < -0.39 is 31.3 Å². The van der Waals surface area contributed by atoms with E-state index in [2.05, 4.69) is 0 Å². The first-order valence-corrected chi connectivity index (χ1v) is 5.95. The van der Waals surface area contributed by atoms with Crippen LogP contribution >= 0.6 is 10.2 Å². The lowest BCUT2D eigenvalue weighted by Gasteiger charge is -2.47. The maximum absolute atomic E-state index is 12.4. The van der Waals surface area contributed by atoms with Gasteiger partial charge in [0.25, 0.3) is 0 Å². The molecule has 1 unspecified atom stereocenters. The van der Waals surface area contributed by atoms with Crippen LogP contribution in [0.4, 0.5) is 23.8 Å². The average molecular weight is 270 g/mol. The first-order valence-electron chi connectivity index (χ1n) is 2.55. The molecule has 0 aliphatic carbocycles. The normalized spacial score (nSPS) is 23.4. The highest BCUT2D eigenvalue weighted by Crippen LogP contribution is 3.04. The molecule has 1 atom stereocenters. The summed E-state index contributed by atoms with van der Waals surface area (Å²) < 4.78 is 91.7. The summed E-state index contributed by atoms with van der Waals surface area (Å²) in [6.45, 7) is -3.12. The van der Waals surface area contributed by atoms with E-state index >= 15 is 0 Å². The monoisotopic (exact) mass is 270 g/mol. The topological polar surface area (TPSA) is 74.6 Å². The molecule has 0 radical (unpaired) electrons. The molecule has 2 N–H and O–H groups in total. The Morgan fingerprint density at radius 2 is 1.43 bits per heavy atom. The predicted molar refractivity (Wildman–Crippen MR) is 35.6 cm³/mol. The molecule has 0 aromatic carbocycles.